The number of rotatable bonds is 3. The zero-order valence-electron chi connectivity index (χ0n) is 11.9. The van der Waals surface area contributed by atoms with Crippen LogP contribution in [0, 0.1) is 0 Å². The number of aromatic nitrogens is 3. The molecule has 104 valence electrons. The summed E-state index contributed by atoms with van der Waals surface area (Å²) >= 11 is 0. The summed E-state index contributed by atoms with van der Waals surface area (Å²) in [6.07, 6.45) is 0. The van der Waals surface area contributed by atoms with Crippen LogP contribution in [0.3, 0.4) is 0 Å². The van der Waals surface area contributed by atoms with Crippen LogP contribution in [-0.2, 0) is 4.74 Å². The van der Waals surface area contributed by atoms with Crippen LogP contribution < -0.4 is 39.8 Å². The first-order valence-corrected chi connectivity index (χ1v) is 6.44. The summed E-state index contributed by atoms with van der Waals surface area (Å²) in [6, 6.07) is 9.62. The number of benzene rings is 1. The zero-order valence-corrected chi connectivity index (χ0v) is 13.9. The summed E-state index contributed by atoms with van der Waals surface area (Å²) in [4.78, 5) is 14.4. The topological polar surface area (TPSA) is 87.0 Å². The number of para-hydroxylation sites is 1. The van der Waals surface area contributed by atoms with Gasteiger partial charge in [-0.3, -0.25) is 0 Å². The molecule has 0 spiro atoms. The van der Waals surface area contributed by atoms with Crippen LogP contribution in [0.1, 0.15) is 0 Å². The van der Waals surface area contributed by atoms with E-state index in [9.17, 15) is 0 Å². The molecule has 1 aliphatic heterocycles. The summed E-state index contributed by atoms with van der Waals surface area (Å²) in [5.74, 6) is 0.865. The molecule has 0 saturated carbocycles. The predicted molar refractivity (Wildman–Crippen MR) is 76.6 cm³/mol. The van der Waals surface area contributed by atoms with Crippen LogP contribution in [0.5, 0.6) is 0 Å². The molecule has 3 rings (SSSR count). The Hall–Kier alpha value is -1.41. The van der Waals surface area contributed by atoms with Gasteiger partial charge in [0.05, 0.1) is 13.2 Å². The van der Waals surface area contributed by atoms with Gasteiger partial charge in [-0.15, -0.1) is 0 Å². The van der Waals surface area contributed by atoms with Crippen molar-refractivity contribution in [3.63, 3.8) is 0 Å². The smallest absolute Gasteiger partial charge is 0.410 e. The number of ether oxygens (including phenoxy) is 1. The van der Waals surface area contributed by atoms with Crippen molar-refractivity contribution in [2.24, 2.45) is 0 Å². The number of hydrogen-bond acceptors (Lipinski definition) is 6. The quantitative estimate of drug-likeness (QED) is 0.741. The fraction of sp³-hybridized carbons (Fsp3) is 0.308. The number of nitrogens with one attached hydrogen (secondary N) is 2. The minimum absolute atomic E-state index is 0. The van der Waals surface area contributed by atoms with E-state index in [0.29, 0.717) is 25.1 Å². The van der Waals surface area contributed by atoms with Crippen molar-refractivity contribution in [2.45, 2.75) is 0 Å². The van der Waals surface area contributed by atoms with Gasteiger partial charge in [0, 0.05) is 24.7 Å². The summed E-state index contributed by atoms with van der Waals surface area (Å²) in [6.45, 7) is 2.77. The molecular formula is C13H15N6NaO. The molecule has 2 N–H and O–H groups in total. The minimum atomic E-state index is -0.0417. The molecule has 1 saturated heterocycles. The third-order valence-electron chi connectivity index (χ3n) is 2.95. The van der Waals surface area contributed by atoms with E-state index in [4.69, 9.17) is 10.5 Å². The van der Waals surface area contributed by atoms with E-state index in [0.717, 1.165) is 18.8 Å². The fourth-order valence-corrected chi connectivity index (χ4v) is 1.98. The Morgan fingerprint density at radius 2 is 1.76 bits per heavy atom. The Bertz CT molecular complexity index is 576. The van der Waals surface area contributed by atoms with E-state index in [1.807, 2.05) is 35.2 Å². The molecule has 1 aromatic heterocycles. The van der Waals surface area contributed by atoms with Gasteiger partial charge in [0.25, 0.3) is 0 Å². The van der Waals surface area contributed by atoms with Crippen molar-refractivity contribution in [3.8, 4) is 0 Å². The van der Waals surface area contributed by atoms with Crippen molar-refractivity contribution in [1.29, 1.82) is 0 Å². The maximum atomic E-state index is 7.70. The Labute approximate surface area is 145 Å². The SMILES string of the molecule is [NH-]c1nc(Nc2ccccc2)nc(N2CCOCC2)n1.[Na+]. The molecule has 0 unspecified atom stereocenters. The minimum Gasteiger partial charge on any atom is -0.410 e. The van der Waals surface area contributed by atoms with Crippen LogP contribution in [0.2, 0.25) is 0 Å². The molecule has 0 bridgehead atoms. The molecule has 8 heteroatoms. The van der Waals surface area contributed by atoms with Gasteiger partial charge < -0.3 is 30.7 Å². The predicted octanol–water partition coefficient (Wildman–Crippen LogP) is -0.861. The van der Waals surface area contributed by atoms with Gasteiger partial charge in [0.1, 0.15) is 0 Å². The molecule has 0 atom stereocenters. The molecule has 1 fully saturated rings. The molecule has 0 amide bonds. The molecule has 0 radical (unpaired) electrons. The standard InChI is InChI=1S/C13H15N6O.Na/c14-11-16-12(15-10-4-2-1-3-5-10)18-13(17-11)19-6-8-20-9-7-19;/h1-5H,6-9H2,(H2-,14,15,16,17,18);/q-1;+1. The van der Waals surface area contributed by atoms with Gasteiger partial charge >= 0.3 is 29.6 Å². The maximum absolute atomic E-state index is 7.70. The average molecular weight is 294 g/mol. The first-order valence-electron chi connectivity index (χ1n) is 6.44. The van der Waals surface area contributed by atoms with E-state index in [-0.39, 0.29) is 35.5 Å². The second kappa shape index (κ2) is 7.56. The van der Waals surface area contributed by atoms with Gasteiger partial charge in [-0.2, -0.15) is 0 Å². The first-order chi connectivity index (χ1) is 9.81. The van der Waals surface area contributed by atoms with Crippen molar-refractivity contribution in [1.82, 2.24) is 15.0 Å². The van der Waals surface area contributed by atoms with Gasteiger partial charge in [0.15, 0.2) is 11.9 Å². The first kappa shape index (κ1) is 16.0. The normalized spacial score (nSPS) is 14.4. The van der Waals surface area contributed by atoms with Crippen LogP contribution >= 0.6 is 0 Å². The molecule has 7 nitrogen and oxygen atoms in total. The summed E-state index contributed by atoms with van der Waals surface area (Å²) in [5.41, 5.74) is 8.58. The molecular weight excluding hydrogens is 279 g/mol. The summed E-state index contributed by atoms with van der Waals surface area (Å²) in [5, 5.41) is 3.08. The van der Waals surface area contributed by atoms with Gasteiger partial charge in [-0.05, 0) is 12.1 Å². The summed E-state index contributed by atoms with van der Waals surface area (Å²) in [7, 11) is 0. The van der Waals surface area contributed by atoms with E-state index >= 15 is 0 Å². The molecule has 1 aromatic carbocycles. The van der Waals surface area contributed by atoms with Crippen molar-refractivity contribution in [3.05, 3.63) is 36.1 Å². The Balaban J connectivity index is 0.00000161. The summed E-state index contributed by atoms with van der Waals surface area (Å²) < 4.78 is 5.30. The van der Waals surface area contributed by atoms with Crippen molar-refractivity contribution in [2.75, 3.05) is 36.5 Å². The van der Waals surface area contributed by atoms with E-state index in [2.05, 4.69) is 20.3 Å². The monoisotopic (exact) mass is 294 g/mol. The van der Waals surface area contributed by atoms with E-state index in [1.165, 1.54) is 0 Å². The maximum Gasteiger partial charge on any atom is 1.00 e. The second-order valence-electron chi connectivity index (χ2n) is 4.37. The Morgan fingerprint density at radius 1 is 1.05 bits per heavy atom. The third kappa shape index (κ3) is 4.28. The number of morpholine rings is 1. The van der Waals surface area contributed by atoms with E-state index in [1.54, 1.807) is 0 Å². The molecule has 2 aromatic rings. The molecule has 1 aliphatic rings. The Morgan fingerprint density at radius 3 is 2.48 bits per heavy atom. The number of anilines is 3. The van der Waals surface area contributed by atoms with Gasteiger partial charge in [-0.25, -0.2) is 4.98 Å². The van der Waals surface area contributed by atoms with E-state index < -0.39 is 0 Å². The fourth-order valence-electron chi connectivity index (χ4n) is 1.98. The number of nitrogens with zero attached hydrogens (tertiary/aromatic N) is 4. The van der Waals surface area contributed by atoms with Crippen LogP contribution in [0.25, 0.3) is 5.73 Å². The van der Waals surface area contributed by atoms with Crippen LogP contribution in [0.4, 0.5) is 23.5 Å². The average Bonchev–Trinajstić information content (AvgIpc) is 2.49. The van der Waals surface area contributed by atoms with Gasteiger partial charge in [0.2, 0.25) is 0 Å². The second-order valence-corrected chi connectivity index (χ2v) is 4.37. The van der Waals surface area contributed by atoms with Crippen LogP contribution in [0.15, 0.2) is 30.3 Å². The Kier molecular flexibility index (Phi) is 5.75. The van der Waals surface area contributed by atoms with Crippen molar-refractivity contribution >= 4 is 23.5 Å². The zero-order chi connectivity index (χ0) is 13.8. The third-order valence-corrected chi connectivity index (χ3v) is 2.95. The molecule has 0 aliphatic carbocycles. The molecule has 21 heavy (non-hydrogen) atoms. The largest absolute Gasteiger partial charge is 1.00 e. The van der Waals surface area contributed by atoms with Crippen LogP contribution in [-0.4, -0.2) is 41.3 Å². The van der Waals surface area contributed by atoms with Gasteiger partial charge in [-0.1, -0.05) is 18.2 Å². The molecule has 2 heterocycles. The number of hydrogen-bond donors (Lipinski definition) is 1. The van der Waals surface area contributed by atoms with Crippen molar-refractivity contribution < 1.29 is 34.3 Å².